The summed E-state index contributed by atoms with van der Waals surface area (Å²) in [5.41, 5.74) is 3.05. The molecule has 1 aromatic carbocycles. The summed E-state index contributed by atoms with van der Waals surface area (Å²) in [6.07, 6.45) is 3.40. The van der Waals surface area contributed by atoms with Gasteiger partial charge in [-0.2, -0.15) is 0 Å². The second kappa shape index (κ2) is 9.94. The van der Waals surface area contributed by atoms with Gasteiger partial charge >= 0.3 is 11.9 Å². The van der Waals surface area contributed by atoms with Crippen LogP contribution >= 0.6 is 0 Å². The zero-order chi connectivity index (χ0) is 15.5. The highest BCUT2D eigenvalue weighted by atomic mass is 16.4. The van der Waals surface area contributed by atoms with Crippen molar-refractivity contribution in [1.82, 2.24) is 5.32 Å². The Morgan fingerprint density at radius 3 is 1.71 bits per heavy atom. The van der Waals surface area contributed by atoms with Gasteiger partial charge < -0.3 is 15.5 Å². The second-order valence-corrected chi connectivity index (χ2v) is 5.01. The maximum Gasteiger partial charge on any atom is 0.303 e. The van der Waals surface area contributed by atoms with Gasteiger partial charge in [0.05, 0.1) is 0 Å². The Labute approximate surface area is 125 Å². The average Bonchev–Trinajstić information content (AvgIpc) is 2.69. The number of nitrogens with one attached hydrogen (secondary N) is 1. The molecule has 1 aromatic rings. The summed E-state index contributed by atoms with van der Waals surface area (Å²) in [6, 6.07) is 8.74. The Hall–Kier alpha value is -1.88. The molecule has 0 unspecified atom stereocenters. The molecule has 0 fully saturated rings. The van der Waals surface area contributed by atoms with Crippen LogP contribution < -0.4 is 5.32 Å². The summed E-state index contributed by atoms with van der Waals surface area (Å²) in [4.78, 5) is 19.8. The molecule has 0 aromatic heterocycles. The average molecular weight is 293 g/mol. The lowest BCUT2D eigenvalue weighted by molar-refractivity contribution is -0.139. The van der Waals surface area contributed by atoms with Gasteiger partial charge in [-0.3, -0.25) is 9.59 Å². The van der Waals surface area contributed by atoms with Crippen LogP contribution in [-0.4, -0.2) is 35.2 Å². The third-order valence-electron chi connectivity index (χ3n) is 3.29. The molecule has 1 aliphatic rings. The van der Waals surface area contributed by atoms with E-state index in [1.807, 2.05) is 0 Å². The van der Waals surface area contributed by atoms with E-state index in [-0.39, 0.29) is 12.8 Å². The maximum absolute atomic E-state index is 9.90. The van der Waals surface area contributed by atoms with Crippen molar-refractivity contribution in [1.29, 1.82) is 0 Å². The first-order chi connectivity index (χ1) is 10.1. The van der Waals surface area contributed by atoms with Crippen molar-refractivity contribution in [2.75, 3.05) is 13.1 Å². The minimum Gasteiger partial charge on any atom is -0.481 e. The fourth-order valence-electron chi connectivity index (χ4n) is 2.17. The lowest BCUT2D eigenvalue weighted by atomic mass is 10.0. The largest absolute Gasteiger partial charge is 0.481 e. The molecule has 0 saturated carbocycles. The topological polar surface area (TPSA) is 86.6 Å². The van der Waals surface area contributed by atoms with E-state index in [0.29, 0.717) is 12.8 Å². The quantitative estimate of drug-likeness (QED) is 0.724. The van der Waals surface area contributed by atoms with E-state index < -0.39 is 11.9 Å². The SMILES string of the molecule is O=C(O)CCCCC(=O)O.c1ccc2c(c1)CCNCC2. The van der Waals surface area contributed by atoms with Gasteiger partial charge in [-0.15, -0.1) is 0 Å². The summed E-state index contributed by atoms with van der Waals surface area (Å²) >= 11 is 0. The van der Waals surface area contributed by atoms with E-state index in [1.165, 1.54) is 24.0 Å². The van der Waals surface area contributed by atoms with Crippen LogP contribution in [0.1, 0.15) is 36.8 Å². The number of hydrogen-bond acceptors (Lipinski definition) is 3. The molecule has 2 rings (SSSR count). The molecule has 5 heteroatoms. The molecule has 0 amide bonds. The van der Waals surface area contributed by atoms with Gasteiger partial charge in [-0.1, -0.05) is 24.3 Å². The predicted molar refractivity (Wildman–Crippen MR) is 80.5 cm³/mol. The van der Waals surface area contributed by atoms with Crippen molar-refractivity contribution in [3.05, 3.63) is 35.4 Å². The molecule has 116 valence electrons. The Kier molecular flexibility index (Phi) is 8.12. The van der Waals surface area contributed by atoms with Gasteiger partial charge in [-0.05, 0) is 49.9 Å². The van der Waals surface area contributed by atoms with E-state index in [2.05, 4.69) is 29.6 Å². The van der Waals surface area contributed by atoms with Gasteiger partial charge in [0.1, 0.15) is 0 Å². The van der Waals surface area contributed by atoms with Crippen molar-refractivity contribution >= 4 is 11.9 Å². The van der Waals surface area contributed by atoms with Crippen LogP contribution in [0.2, 0.25) is 0 Å². The van der Waals surface area contributed by atoms with Crippen molar-refractivity contribution in [2.45, 2.75) is 38.5 Å². The smallest absolute Gasteiger partial charge is 0.303 e. The second-order valence-electron chi connectivity index (χ2n) is 5.01. The Balaban J connectivity index is 0.000000212. The predicted octanol–water partition coefficient (Wildman–Crippen LogP) is 2.09. The summed E-state index contributed by atoms with van der Waals surface area (Å²) in [7, 11) is 0. The standard InChI is InChI=1S/C10H13N.C6H10O4/c1-2-4-10-6-8-11-7-5-9(10)3-1;7-5(8)3-1-2-4-6(9)10/h1-4,11H,5-8H2;1-4H2,(H,7,8)(H,9,10). The Bertz CT molecular complexity index is 418. The van der Waals surface area contributed by atoms with Crippen molar-refractivity contribution in [2.24, 2.45) is 0 Å². The number of rotatable bonds is 5. The molecule has 3 N–H and O–H groups in total. The number of aliphatic carboxylic acids is 2. The number of carboxylic acids is 2. The maximum atomic E-state index is 9.90. The monoisotopic (exact) mass is 293 g/mol. The number of unbranched alkanes of at least 4 members (excludes halogenated alkanes) is 1. The van der Waals surface area contributed by atoms with Gasteiger partial charge in [0.2, 0.25) is 0 Å². The molecule has 0 atom stereocenters. The third kappa shape index (κ3) is 8.09. The third-order valence-corrected chi connectivity index (χ3v) is 3.29. The number of carbonyl (C=O) groups is 2. The highest BCUT2D eigenvalue weighted by Crippen LogP contribution is 2.11. The van der Waals surface area contributed by atoms with Gasteiger partial charge in [0.15, 0.2) is 0 Å². The van der Waals surface area contributed by atoms with Crippen LogP contribution in [0.5, 0.6) is 0 Å². The number of fused-ring (bicyclic) bond motifs is 1. The molecule has 0 bridgehead atoms. The first-order valence-electron chi connectivity index (χ1n) is 7.30. The van der Waals surface area contributed by atoms with E-state index in [9.17, 15) is 9.59 Å². The minimum absolute atomic E-state index is 0.0628. The van der Waals surface area contributed by atoms with Gasteiger partial charge in [0, 0.05) is 12.8 Å². The van der Waals surface area contributed by atoms with Gasteiger partial charge in [-0.25, -0.2) is 0 Å². The molecule has 21 heavy (non-hydrogen) atoms. The van der Waals surface area contributed by atoms with Crippen LogP contribution in [0.15, 0.2) is 24.3 Å². The van der Waals surface area contributed by atoms with E-state index >= 15 is 0 Å². The zero-order valence-corrected chi connectivity index (χ0v) is 12.2. The summed E-state index contributed by atoms with van der Waals surface area (Å²) < 4.78 is 0. The van der Waals surface area contributed by atoms with E-state index in [1.54, 1.807) is 0 Å². The fourth-order valence-corrected chi connectivity index (χ4v) is 2.17. The van der Waals surface area contributed by atoms with Crippen LogP contribution in [-0.2, 0) is 22.4 Å². The number of carboxylic acid groups (broad SMARTS) is 2. The highest BCUT2D eigenvalue weighted by Gasteiger charge is 2.04. The van der Waals surface area contributed by atoms with Crippen LogP contribution in [0.25, 0.3) is 0 Å². The Morgan fingerprint density at radius 2 is 1.33 bits per heavy atom. The summed E-state index contributed by atoms with van der Waals surface area (Å²) in [5, 5.41) is 19.7. The first-order valence-corrected chi connectivity index (χ1v) is 7.30. The molecule has 1 heterocycles. The number of benzene rings is 1. The summed E-state index contributed by atoms with van der Waals surface area (Å²) in [6.45, 7) is 2.27. The molecular weight excluding hydrogens is 270 g/mol. The van der Waals surface area contributed by atoms with Gasteiger partial charge in [0.25, 0.3) is 0 Å². The number of hydrogen-bond donors (Lipinski definition) is 3. The molecule has 0 aliphatic carbocycles. The molecule has 5 nitrogen and oxygen atoms in total. The van der Waals surface area contributed by atoms with Crippen molar-refractivity contribution in [3.63, 3.8) is 0 Å². The zero-order valence-electron chi connectivity index (χ0n) is 12.2. The fraction of sp³-hybridized carbons (Fsp3) is 0.500. The molecule has 0 radical (unpaired) electrons. The molecule has 0 spiro atoms. The molecule has 0 saturated heterocycles. The lowest BCUT2D eigenvalue weighted by Crippen LogP contribution is -2.16. The van der Waals surface area contributed by atoms with Crippen LogP contribution in [0.4, 0.5) is 0 Å². The van der Waals surface area contributed by atoms with E-state index in [0.717, 1.165) is 13.1 Å². The molecular formula is C16H23NO4. The summed E-state index contributed by atoms with van der Waals surface area (Å²) in [5.74, 6) is -1.74. The van der Waals surface area contributed by atoms with Crippen LogP contribution in [0, 0.1) is 0 Å². The Morgan fingerprint density at radius 1 is 0.905 bits per heavy atom. The van der Waals surface area contributed by atoms with Crippen LogP contribution in [0.3, 0.4) is 0 Å². The van der Waals surface area contributed by atoms with E-state index in [4.69, 9.17) is 10.2 Å². The highest BCUT2D eigenvalue weighted by molar-refractivity contribution is 5.67. The molecule has 1 aliphatic heterocycles. The lowest BCUT2D eigenvalue weighted by Gasteiger charge is -2.01. The van der Waals surface area contributed by atoms with Crippen molar-refractivity contribution < 1.29 is 19.8 Å². The van der Waals surface area contributed by atoms with Crippen molar-refractivity contribution in [3.8, 4) is 0 Å². The normalized spacial score (nSPS) is 13.3. The minimum atomic E-state index is -0.870. The first kappa shape index (κ1) is 17.2.